The molecular weight excluding hydrogens is 448 g/mol. The van der Waals surface area contributed by atoms with Crippen molar-refractivity contribution in [1.29, 1.82) is 0 Å². The summed E-state index contributed by atoms with van der Waals surface area (Å²) >= 11 is 0. The third kappa shape index (κ3) is 4.94. The van der Waals surface area contributed by atoms with Crippen LogP contribution >= 0.6 is 0 Å². The molecule has 3 aliphatic rings. The summed E-state index contributed by atoms with van der Waals surface area (Å²) in [5.74, 6) is 3.75. The number of nitrogens with one attached hydrogen (secondary N) is 1. The second-order valence-electron chi connectivity index (χ2n) is 11.5. The molecule has 2 fully saturated rings. The fraction of sp³-hybridized carbons (Fsp3) is 0.581. The van der Waals surface area contributed by atoms with Crippen LogP contribution in [-0.2, 0) is 22.6 Å². The summed E-state index contributed by atoms with van der Waals surface area (Å²) in [5.41, 5.74) is 3.84. The van der Waals surface area contributed by atoms with E-state index in [1.54, 1.807) is 19.5 Å². The number of rotatable bonds is 9. The van der Waals surface area contributed by atoms with Crippen LogP contribution in [0, 0.1) is 23.2 Å². The van der Waals surface area contributed by atoms with Gasteiger partial charge in [-0.3, -0.25) is 14.6 Å². The molecule has 2 saturated carbocycles. The summed E-state index contributed by atoms with van der Waals surface area (Å²) in [4.78, 5) is 29.5. The number of benzene rings is 1. The van der Waals surface area contributed by atoms with E-state index in [1.165, 1.54) is 17.5 Å². The van der Waals surface area contributed by atoms with E-state index in [0.717, 1.165) is 62.7 Å². The van der Waals surface area contributed by atoms with Crippen molar-refractivity contribution in [3.05, 3.63) is 59.4 Å². The quantitative estimate of drug-likeness (QED) is 0.439. The summed E-state index contributed by atoms with van der Waals surface area (Å²) < 4.78 is 5.47. The third-order valence-corrected chi connectivity index (χ3v) is 9.47. The average molecular weight is 489 g/mol. The number of carbonyl (C=O) groups excluding carboxylic acids is 2. The van der Waals surface area contributed by atoms with Crippen LogP contribution in [0.1, 0.15) is 87.3 Å². The maximum Gasteiger partial charge on any atom is 0.220 e. The number of amides is 1. The van der Waals surface area contributed by atoms with Crippen LogP contribution in [0.2, 0.25) is 0 Å². The molecule has 0 bridgehead atoms. The molecule has 36 heavy (non-hydrogen) atoms. The molecule has 1 aromatic heterocycles. The molecule has 5 nitrogen and oxygen atoms in total. The summed E-state index contributed by atoms with van der Waals surface area (Å²) in [5, 5.41) is 2.99. The van der Waals surface area contributed by atoms with E-state index in [-0.39, 0.29) is 11.3 Å². The Kier molecular flexibility index (Phi) is 7.45. The van der Waals surface area contributed by atoms with E-state index in [1.807, 2.05) is 12.1 Å². The normalized spacial score (nSPS) is 28.7. The molecule has 1 heterocycles. The van der Waals surface area contributed by atoms with Gasteiger partial charge in [-0.1, -0.05) is 31.9 Å². The number of ketones is 1. The number of unbranched alkanes of at least 4 members (excludes halogenated alkanes) is 2. The number of Topliss-reactive ketones (excluding diaryl/α,β-unsaturated/α-hetero) is 1. The van der Waals surface area contributed by atoms with Gasteiger partial charge in [0.2, 0.25) is 5.91 Å². The number of fused-ring (bicyclic) bond motifs is 5. The van der Waals surface area contributed by atoms with Crippen LogP contribution in [0.5, 0.6) is 5.75 Å². The van der Waals surface area contributed by atoms with E-state index in [4.69, 9.17) is 4.74 Å². The third-order valence-electron chi connectivity index (χ3n) is 9.47. The van der Waals surface area contributed by atoms with Crippen LogP contribution in [0.3, 0.4) is 0 Å². The number of pyridine rings is 1. The Morgan fingerprint density at radius 2 is 2.08 bits per heavy atom. The molecule has 3 aliphatic carbocycles. The molecule has 3 unspecified atom stereocenters. The smallest absolute Gasteiger partial charge is 0.220 e. The average Bonchev–Trinajstić information content (AvgIpc) is 3.16. The molecule has 5 atom stereocenters. The van der Waals surface area contributed by atoms with E-state index in [9.17, 15) is 9.59 Å². The summed E-state index contributed by atoms with van der Waals surface area (Å²) in [6, 6.07) is 10.5. The maximum absolute atomic E-state index is 13.2. The Morgan fingerprint density at radius 3 is 2.89 bits per heavy atom. The largest absolute Gasteiger partial charge is 0.497 e. The van der Waals surface area contributed by atoms with Crippen molar-refractivity contribution >= 4 is 11.7 Å². The molecule has 1 aromatic carbocycles. The van der Waals surface area contributed by atoms with Gasteiger partial charge in [-0.15, -0.1) is 0 Å². The molecule has 0 aliphatic heterocycles. The van der Waals surface area contributed by atoms with Gasteiger partial charge < -0.3 is 10.1 Å². The van der Waals surface area contributed by atoms with Crippen molar-refractivity contribution in [2.45, 2.75) is 83.6 Å². The molecule has 0 saturated heterocycles. The Balaban J connectivity index is 1.14. The summed E-state index contributed by atoms with van der Waals surface area (Å²) in [6.07, 6.45) is 13.4. The molecule has 5 rings (SSSR count). The Labute approximate surface area is 215 Å². The number of hydrogen-bond donors (Lipinski definition) is 1. The zero-order valence-electron chi connectivity index (χ0n) is 21.8. The number of hydrogen-bond acceptors (Lipinski definition) is 4. The predicted octanol–water partition coefficient (Wildman–Crippen LogP) is 6.01. The van der Waals surface area contributed by atoms with Gasteiger partial charge in [-0.25, -0.2) is 0 Å². The number of aromatic nitrogens is 1. The second-order valence-corrected chi connectivity index (χ2v) is 11.5. The molecule has 192 valence electrons. The van der Waals surface area contributed by atoms with E-state index in [2.05, 4.69) is 35.4 Å². The fourth-order valence-electron chi connectivity index (χ4n) is 7.67. The first-order valence-corrected chi connectivity index (χ1v) is 13.9. The number of methoxy groups -OCH3 is 1. The standard InChI is InChI=1S/C31H40N2O3/c1-31-15-14-26-25-13-11-24(36-2)17-22(25)10-12-27(26)30(31)23(18-28(31)34)8-4-3-5-9-29(35)33-20-21-7-6-16-32-19-21/h6-7,11,13,16-17,19,23,26-27,30H,3-5,8-10,12,14-15,18,20H2,1-2H3,(H,33,35)/t23-,26?,27?,30?,31-/m1/s1. The number of carbonyl (C=O) groups is 2. The Morgan fingerprint density at radius 1 is 1.19 bits per heavy atom. The van der Waals surface area contributed by atoms with Gasteiger partial charge in [-0.2, -0.15) is 0 Å². The summed E-state index contributed by atoms with van der Waals surface area (Å²) in [6.45, 7) is 2.81. The summed E-state index contributed by atoms with van der Waals surface area (Å²) in [7, 11) is 1.74. The van der Waals surface area contributed by atoms with Gasteiger partial charge in [0.05, 0.1) is 7.11 Å². The minimum atomic E-state index is -0.137. The van der Waals surface area contributed by atoms with Crippen LogP contribution in [0.4, 0.5) is 0 Å². The number of aryl methyl sites for hydroxylation is 1. The second kappa shape index (κ2) is 10.7. The van der Waals surface area contributed by atoms with Crippen LogP contribution in [-0.4, -0.2) is 23.8 Å². The topological polar surface area (TPSA) is 68.3 Å². The van der Waals surface area contributed by atoms with E-state index in [0.29, 0.717) is 42.4 Å². The lowest BCUT2D eigenvalue weighted by molar-refractivity contribution is -0.129. The maximum atomic E-state index is 13.2. The lowest BCUT2D eigenvalue weighted by atomic mass is 9.54. The van der Waals surface area contributed by atoms with Crippen molar-refractivity contribution in [3.8, 4) is 5.75 Å². The number of ether oxygens (including phenoxy) is 1. The van der Waals surface area contributed by atoms with Crippen LogP contribution in [0.25, 0.3) is 0 Å². The van der Waals surface area contributed by atoms with Crippen molar-refractivity contribution in [2.75, 3.05) is 7.11 Å². The predicted molar refractivity (Wildman–Crippen MR) is 141 cm³/mol. The highest BCUT2D eigenvalue weighted by molar-refractivity contribution is 5.87. The van der Waals surface area contributed by atoms with E-state index >= 15 is 0 Å². The minimum Gasteiger partial charge on any atom is -0.497 e. The van der Waals surface area contributed by atoms with Crippen LogP contribution < -0.4 is 10.1 Å². The molecule has 1 amide bonds. The van der Waals surface area contributed by atoms with Crippen molar-refractivity contribution in [2.24, 2.45) is 23.2 Å². The first-order chi connectivity index (χ1) is 17.5. The Hall–Kier alpha value is -2.69. The lowest BCUT2D eigenvalue weighted by Crippen LogP contribution is -2.44. The van der Waals surface area contributed by atoms with Gasteiger partial charge in [0.15, 0.2) is 0 Å². The van der Waals surface area contributed by atoms with Gasteiger partial charge in [0, 0.05) is 37.2 Å². The van der Waals surface area contributed by atoms with Crippen LogP contribution in [0.15, 0.2) is 42.7 Å². The SMILES string of the molecule is COc1ccc2c(c1)CCC1C2CC[C@]2(C)C(=O)C[C@@H](CCCCCC(=O)NCc3cccnc3)C12. The highest BCUT2D eigenvalue weighted by Crippen LogP contribution is 2.62. The fourth-order valence-corrected chi connectivity index (χ4v) is 7.67. The molecule has 2 aromatic rings. The molecule has 5 heteroatoms. The molecular formula is C31H40N2O3. The molecule has 0 radical (unpaired) electrons. The molecule has 0 spiro atoms. The van der Waals surface area contributed by atoms with Gasteiger partial charge in [0.25, 0.3) is 0 Å². The van der Waals surface area contributed by atoms with E-state index < -0.39 is 0 Å². The zero-order chi connectivity index (χ0) is 25.1. The van der Waals surface area contributed by atoms with Gasteiger partial charge in [0.1, 0.15) is 11.5 Å². The molecule has 1 N–H and O–H groups in total. The highest BCUT2D eigenvalue weighted by Gasteiger charge is 2.58. The van der Waals surface area contributed by atoms with Gasteiger partial charge >= 0.3 is 0 Å². The monoisotopic (exact) mass is 488 g/mol. The van der Waals surface area contributed by atoms with Gasteiger partial charge in [-0.05, 0) is 97.1 Å². The van der Waals surface area contributed by atoms with Crippen molar-refractivity contribution < 1.29 is 14.3 Å². The highest BCUT2D eigenvalue weighted by atomic mass is 16.5. The zero-order valence-corrected chi connectivity index (χ0v) is 21.8. The minimum absolute atomic E-state index is 0.107. The van der Waals surface area contributed by atoms with Crippen molar-refractivity contribution in [1.82, 2.24) is 10.3 Å². The number of nitrogens with zero attached hydrogens (tertiary/aromatic N) is 1. The lowest BCUT2D eigenvalue weighted by Gasteiger charge is -2.50. The first kappa shape index (κ1) is 25.0. The Bertz CT molecular complexity index is 1080. The van der Waals surface area contributed by atoms with Crippen molar-refractivity contribution in [3.63, 3.8) is 0 Å². The first-order valence-electron chi connectivity index (χ1n) is 13.9.